The summed E-state index contributed by atoms with van der Waals surface area (Å²) in [5, 5.41) is 7.14. The van der Waals surface area contributed by atoms with Crippen molar-refractivity contribution in [3.05, 3.63) is 0 Å². The molecular weight excluding hydrogens is 272 g/mol. The van der Waals surface area contributed by atoms with Crippen molar-refractivity contribution >= 4 is 5.96 Å². The lowest BCUT2D eigenvalue weighted by Gasteiger charge is -2.43. The molecule has 1 unspecified atom stereocenters. The highest BCUT2D eigenvalue weighted by Crippen LogP contribution is 2.45. The van der Waals surface area contributed by atoms with Crippen molar-refractivity contribution in [1.82, 2.24) is 15.5 Å². The molecule has 4 nitrogen and oxygen atoms in total. The van der Waals surface area contributed by atoms with E-state index in [1.54, 1.807) is 0 Å². The van der Waals surface area contributed by atoms with Crippen molar-refractivity contribution in [2.75, 3.05) is 40.3 Å². The molecule has 0 spiro atoms. The van der Waals surface area contributed by atoms with E-state index < -0.39 is 0 Å². The van der Waals surface area contributed by atoms with Crippen molar-refractivity contribution in [3.8, 4) is 0 Å². The summed E-state index contributed by atoms with van der Waals surface area (Å²) >= 11 is 0. The van der Waals surface area contributed by atoms with Crippen molar-refractivity contribution in [1.29, 1.82) is 0 Å². The van der Waals surface area contributed by atoms with Crippen LogP contribution in [0.5, 0.6) is 0 Å². The number of guanidine groups is 1. The van der Waals surface area contributed by atoms with Gasteiger partial charge in [0.1, 0.15) is 0 Å². The van der Waals surface area contributed by atoms with Gasteiger partial charge in [-0.25, -0.2) is 0 Å². The van der Waals surface area contributed by atoms with Gasteiger partial charge in [-0.3, -0.25) is 4.99 Å². The fourth-order valence-corrected chi connectivity index (χ4v) is 4.17. The molecule has 1 atom stereocenters. The maximum absolute atomic E-state index is 4.41. The van der Waals surface area contributed by atoms with E-state index in [2.05, 4.69) is 41.4 Å². The molecule has 2 N–H and O–H groups in total. The standard InChI is InChI=1S/C18H36N4/c1-15(2)11-18(8-6-9-18)14-21-17(19-3)20-12-16-7-5-10-22(4)13-16/h15-16H,5-14H2,1-4H3,(H2,19,20,21). The third kappa shape index (κ3) is 5.15. The molecule has 2 aliphatic rings. The van der Waals surface area contributed by atoms with Crippen LogP contribution in [-0.4, -0.2) is 51.1 Å². The second-order valence-electron chi connectivity index (χ2n) is 8.03. The molecule has 0 radical (unpaired) electrons. The summed E-state index contributed by atoms with van der Waals surface area (Å²) in [7, 11) is 4.11. The first-order valence-corrected chi connectivity index (χ1v) is 9.16. The highest BCUT2D eigenvalue weighted by molar-refractivity contribution is 5.79. The van der Waals surface area contributed by atoms with Gasteiger partial charge in [-0.15, -0.1) is 0 Å². The van der Waals surface area contributed by atoms with Crippen LogP contribution in [0.15, 0.2) is 4.99 Å². The molecule has 0 aromatic carbocycles. The second-order valence-corrected chi connectivity index (χ2v) is 8.03. The van der Waals surface area contributed by atoms with Crippen LogP contribution in [0.3, 0.4) is 0 Å². The van der Waals surface area contributed by atoms with Crippen molar-refractivity contribution in [3.63, 3.8) is 0 Å². The Balaban J connectivity index is 1.73. The molecule has 128 valence electrons. The van der Waals surface area contributed by atoms with E-state index in [1.165, 1.54) is 51.6 Å². The summed E-state index contributed by atoms with van der Waals surface area (Å²) in [5.41, 5.74) is 0.525. The predicted octanol–water partition coefficient (Wildman–Crippen LogP) is 2.71. The van der Waals surface area contributed by atoms with Crippen molar-refractivity contribution < 1.29 is 0 Å². The SMILES string of the molecule is CN=C(NCC1CCCN(C)C1)NCC1(CC(C)C)CCC1. The Morgan fingerprint density at radius 3 is 2.59 bits per heavy atom. The van der Waals surface area contributed by atoms with Gasteiger partial charge < -0.3 is 15.5 Å². The minimum Gasteiger partial charge on any atom is -0.356 e. The number of nitrogens with zero attached hydrogens (tertiary/aromatic N) is 2. The Labute approximate surface area is 137 Å². The molecule has 1 aliphatic heterocycles. The van der Waals surface area contributed by atoms with Gasteiger partial charge in [-0.05, 0) is 62.9 Å². The Kier molecular flexibility index (Phi) is 6.54. The number of hydrogen-bond donors (Lipinski definition) is 2. The van der Waals surface area contributed by atoms with Crippen LogP contribution >= 0.6 is 0 Å². The van der Waals surface area contributed by atoms with E-state index >= 15 is 0 Å². The summed E-state index contributed by atoms with van der Waals surface area (Å²) < 4.78 is 0. The maximum atomic E-state index is 4.41. The van der Waals surface area contributed by atoms with Crippen LogP contribution in [-0.2, 0) is 0 Å². The minimum absolute atomic E-state index is 0.525. The van der Waals surface area contributed by atoms with E-state index in [0.717, 1.165) is 30.9 Å². The van der Waals surface area contributed by atoms with Crippen molar-refractivity contribution in [2.45, 2.75) is 52.4 Å². The highest BCUT2D eigenvalue weighted by atomic mass is 15.2. The van der Waals surface area contributed by atoms with Crippen LogP contribution in [0.25, 0.3) is 0 Å². The Morgan fingerprint density at radius 1 is 1.27 bits per heavy atom. The molecule has 0 bridgehead atoms. The smallest absolute Gasteiger partial charge is 0.191 e. The topological polar surface area (TPSA) is 39.7 Å². The molecule has 1 saturated carbocycles. The number of likely N-dealkylation sites (tertiary alicyclic amines) is 1. The van der Waals surface area contributed by atoms with Gasteiger partial charge in [0.2, 0.25) is 0 Å². The number of piperidine rings is 1. The van der Waals surface area contributed by atoms with Gasteiger partial charge in [0.05, 0.1) is 0 Å². The Hall–Kier alpha value is -0.770. The van der Waals surface area contributed by atoms with Gasteiger partial charge in [0.15, 0.2) is 5.96 Å². The van der Waals surface area contributed by atoms with Crippen LogP contribution in [0, 0.1) is 17.3 Å². The number of aliphatic imine (C=N–C) groups is 1. The molecule has 1 saturated heterocycles. The third-order valence-electron chi connectivity index (χ3n) is 5.39. The largest absolute Gasteiger partial charge is 0.356 e. The predicted molar refractivity (Wildman–Crippen MR) is 95.3 cm³/mol. The van der Waals surface area contributed by atoms with Crippen LogP contribution in [0.2, 0.25) is 0 Å². The minimum atomic E-state index is 0.525. The molecule has 0 aromatic rings. The molecule has 2 fully saturated rings. The average Bonchev–Trinajstić information content (AvgIpc) is 2.44. The number of nitrogens with one attached hydrogen (secondary N) is 2. The quantitative estimate of drug-likeness (QED) is 0.585. The fourth-order valence-electron chi connectivity index (χ4n) is 4.17. The van der Waals surface area contributed by atoms with E-state index in [-0.39, 0.29) is 0 Å². The zero-order valence-electron chi connectivity index (χ0n) is 15.1. The maximum Gasteiger partial charge on any atom is 0.191 e. The van der Waals surface area contributed by atoms with Gasteiger partial charge >= 0.3 is 0 Å². The summed E-state index contributed by atoms with van der Waals surface area (Å²) in [6, 6.07) is 0. The molecule has 1 aliphatic carbocycles. The van der Waals surface area contributed by atoms with Crippen LogP contribution < -0.4 is 10.6 Å². The lowest BCUT2D eigenvalue weighted by molar-refractivity contribution is 0.104. The highest BCUT2D eigenvalue weighted by Gasteiger charge is 2.37. The van der Waals surface area contributed by atoms with Gasteiger partial charge in [-0.1, -0.05) is 20.3 Å². The molecule has 4 heteroatoms. The van der Waals surface area contributed by atoms with Crippen LogP contribution in [0.4, 0.5) is 0 Å². The normalized spacial score (nSPS) is 25.9. The Morgan fingerprint density at radius 2 is 2.05 bits per heavy atom. The monoisotopic (exact) mass is 308 g/mol. The summed E-state index contributed by atoms with van der Waals surface area (Å²) in [4.78, 5) is 6.86. The summed E-state index contributed by atoms with van der Waals surface area (Å²) in [6.45, 7) is 9.26. The lowest BCUT2D eigenvalue weighted by Crippen LogP contribution is -2.48. The first kappa shape index (κ1) is 17.6. The lowest BCUT2D eigenvalue weighted by atomic mass is 9.64. The summed E-state index contributed by atoms with van der Waals surface area (Å²) in [6.07, 6.45) is 8.16. The molecular formula is C18H36N4. The van der Waals surface area contributed by atoms with Gasteiger partial charge in [-0.2, -0.15) is 0 Å². The van der Waals surface area contributed by atoms with Crippen molar-refractivity contribution in [2.24, 2.45) is 22.2 Å². The first-order chi connectivity index (χ1) is 10.5. The molecule has 2 rings (SSSR count). The average molecular weight is 309 g/mol. The number of hydrogen-bond acceptors (Lipinski definition) is 2. The van der Waals surface area contributed by atoms with Gasteiger partial charge in [0.25, 0.3) is 0 Å². The number of rotatable bonds is 6. The third-order valence-corrected chi connectivity index (χ3v) is 5.39. The van der Waals surface area contributed by atoms with E-state index in [4.69, 9.17) is 0 Å². The Bertz CT molecular complexity index is 360. The molecule has 0 amide bonds. The fraction of sp³-hybridized carbons (Fsp3) is 0.944. The molecule has 0 aromatic heterocycles. The zero-order valence-corrected chi connectivity index (χ0v) is 15.1. The van der Waals surface area contributed by atoms with Gasteiger partial charge in [0, 0.05) is 26.7 Å². The molecule has 22 heavy (non-hydrogen) atoms. The van der Waals surface area contributed by atoms with E-state index in [1.807, 2.05) is 7.05 Å². The van der Waals surface area contributed by atoms with Crippen LogP contribution in [0.1, 0.15) is 52.4 Å². The van der Waals surface area contributed by atoms with E-state index in [9.17, 15) is 0 Å². The summed E-state index contributed by atoms with van der Waals surface area (Å²) in [5.74, 6) is 2.53. The second kappa shape index (κ2) is 8.19. The van der Waals surface area contributed by atoms with E-state index in [0.29, 0.717) is 5.41 Å². The first-order valence-electron chi connectivity index (χ1n) is 9.16. The zero-order chi connectivity index (χ0) is 16.0. The molecule has 1 heterocycles.